The maximum atomic E-state index is 12.1. The van der Waals surface area contributed by atoms with Crippen molar-refractivity contribution in [3.05, 3.63) is 18.0 Å². The quantitative estimate of drug-likeness (QED) is 0.850. The highest BCUT2D eigenvalue weighted by Gasteiger charge is 2.29. The van der Waals surface area contributed by atoms with Crippen molar-refractivity contribution in [2.24, 2.45) is 0 Å². The van der Waals surface area contributed by atoms with Crippen molar-refractivity contribution in [1.29, 1.82) is 0 Å². The largest absolute Gasteiger partial charge is 0.334 e. The molecule has 1 aliphatic carbocycles. The molecule has 1 amide bonds. The van der Waals surface area contributed by atoms with Gasteiger partial charge >= 0.3 is 0 Å². The number of nitrogens with zero attached hydrogens (tertiary/aromatic N) is 2. The predicted octanol–water partition coefficient (Wildman–Crippen LogP) is 1.80. The van der Waals surface area contributed by atoms with Gasteiger partial charge in [-0.3, -0.25) is 9.89 Å². The summed E-state index contributed by atoms with van der Waals surface area (Å²) in [5.74, 6) is 0.0663. The van der Waals surface area contributed by atoms with E-state index in [4.69, 9.17) is 0 Å². The van der Waals surface area contributed by atoms with Gasteiger partial charge in [0.15, 0.2) is 0 Å². The van der Waals surface area contributed by atoms with Gasteiger partial charge in [-0.2, -0.15) is 5.10 Å². The van der Waals surface area contributed by atoms with Crippen LogP contribution in [-0.2, 0) is 0 Å². The molecule has 0 aromatic carbocycles. The Labute approximate surface area is 97.2 Å². The molecule has 1 aromatic rings. The van der Waals surface area contributed by atoms with Gasteiger partial charge in [0.1, 0.15) is 5.69 Å². The minimum atomic E-state index is 0.0663. The molecule has 1 N–H and O–H groups in total. The minimum Gasteiger partial charge on any atom is -0.334 e. The topological polar surface area (TPSA) is 49.0 Å². The lowest BCUT2D eigenvalue weighted by molar-refractivity contribution is 0.0593. The Morgan fingerprint density at radius 1 is 1.67 bits per heavy atom. The van der Waals surface area contributed by atoms with Crippen LogP contribution in [0.2, 0.25) is 0 Å². The van der Waals surface area contributed by atoms with Crippen LogP contribution in [-0.4, -0.2) is 38.9 Å². The van der Waals surface area contributed by atoms with Gasteiger partial charge < -0.3 is 4.90 Å². The zero-order valence-electron chi connectivity index (χ0n) is 8.45. The number of hydrogen-bond acceptors (Lipinski definition) is 2. The van der Waals surface area contributed by atoms with Crippen molar-refractivity contribution in [2.45, 2.75) is 25.3 Å². The van der Waals surface area contributed by atoms with Crippen molar-refractivity contribution in [1.82, 2.24) is 15.1 Å². The summed E-state index contributed by atoms with van der Waals surface area (Å²) in [6.07, 6.45) is 5.11. The molecule has 82 valence electrons. The molecule has 4 nitrogen and oxygen atoms in total. The standard InChI is InChI=1S/C10H14BrN3O/c11-5-7-14(8-2-1-3-8)10(15)9-4-6-12-13-9/h4,6,8H,1-3,5,7H2,(H,12,13). The maximum Gasteiger partial charge on any atom is 0.272 e. The van der Waals surface area contributed by atoms with Gasteiger partial charge in [0.2, 0.25) is 0 Å². The molecule has 0 atom stereocenters. The first-order valence-corrected chi connectivity index (χ1v) is 6.31. The molecule has 1 saturated carbocycles. The van der Waals surface area contributed by atoms with Crippen molar-refractivity contribution >= 4 is 21.8 Å². The van der Waals surface area contributed by atoms with Crippen molar-refractivity contribution in [3.8, 4) is 0 Å². The molecule has 0 saturated heterocycles. The summed E-state index contributed by atoms with van der Waals surface area (Å²) in [6.45, 7) is 0.766. The molecule has 0 unspecified atom stereocenters. The number of rotatable bonds is 4. The van der Waals surface area contributed by atoms with Crippen LogP contribution in [0.1, 0.15) is 29.8 Å². The second-order valence-electron chi connectivity index (χ2n) is 3.74. The SMILES string of the molecule is O=C(c1ccn[nH]1)N(CCBr)C1CCC1. The predicted molar refractivity (Wildman–Crippen MR) is 61.1 cm³/mol. The maximum absolute atomic E-state index is 12.1. The first-order chi connectivity index (χ1) is 7.33. The lowest BCUT2D eigenvalue weighted by Gasteiger charge is -2.37. The number of carbonyl (C=O) groups excluding carboxylic acids is 1. The molecule has 0 spiro atoms. The molecule has 0 bridgehead atoms. The molecule has 15 heavy (non-hydrogen) atoms. The van der Waals surface area contributed by atoms with Gasteiger partial charge in [0, 0.05) is 24.1 Å². The van der Waals surface area contributed by atoms with Crippen molar-refractivity contribution < 1.29 is 4.79 Å². The Morgan fingerprint density at radius 2 is 2.47 bits per heavy atom. The van der Waals surface area contributed by atoms with Gasteiger partial charge in [-0.1, -0.05) is 15.9 Å². The van der Waals surface area contributed by atoms with Gasteiger partial charge in [-0.25, -0.2) is 0 Å². The summed E-state index contributed by atoms with van der Waals surface area (Å²) >= 11 is 3.38. The van der Waals surface area contributed by atoms with Gasteiger partial charge in [0.05, 0.1) is 0 Å². The van der Waals surface area contributed by atoms with Crippen LogP contribution in [0.4, 0.5) is 0 Å². The second kappa shape index (κ2) is 4.79. The number of aromatic amines is 1. The number of carbonyl (C=O) groups is 1. The highest BCUT2D eigenvalue weighted by Crippen LogP contribution is 2.25. The van der Waals surface area contributed by atoms with Crippen LogP contribution in [0.5, 0.6) is 0 Å². The summed E-state index contributed by atoms with van der Waals surface area (Å²) in [4.78, 5) is 14.0. The van der Waals surface area contributed by atoms with E-state index in [1.54, 1.807) is 12.3 Å². The fourth-order valence-corrected chi connectivity index (χ4v) is 2.15. The number of halogens is 1. The van der Waals surface area contributed by atoms with Crippen LogP contribution in [0.15, 0.2) is 12.3 Å². The molecule has 5 heteroatoms. The fourth-order valence-electron chi connectivity index (χ4n) is 1.77. The third kappa shape index (κ3) is 2.22. The smallest absolute Gasteiger partial charge is 0.272 e. The van der Waals surface area contributed by atoms with E-state index in [0.717, 1.165) is 24.7 Å². The van der Waals surface area contributed by atoms with E-state index in [2.05, 4.69) is 26.1 Å². The van der Waals surface area contributed by atoms with E-state index in [-0.39, 0.29) is 5.91 Å². The molecule has 0 radical (unpaired) electrons. The Kier molecular flexibility index (Phi) is 3.41. The van der Waals surface area contributed by atoms with E-state index in [9.17, 15) is 4.79 Å². The third-order valence-electron chi connectivity index (χ3n) is 2.83. The van der Waals surface area contributed by atoms with Crippen LogP contribution in [0.25, 0.3) is 0 Å². The van der Waals surface area contributed by atoms with Crippen LogP contribution in [0, 0.1) is 0 Å². The fraction of sp³-hybridized carbons (Fsp3) is 0.600. The van der Waals surface area contributed by atoms with E-state index in [1.165, 1.54) is 6.42 Å². The third-order valence-corrected chi connectivity index (χ3v) is 3.19. The first kappa shape index (κ1) is 10.7. The van der Waals surface area contributed by atoms with Crippen LogP contribution >= 0.6 is 15.9 Å². The number of alkyl halides is 1. The number of hydrogen-bond donors (Lipinski definition) is 1. The van der Waals surface area contributed by atoms with Gasteiger partial charge in [-0.15, -0.1) is 0 Å². The lowest BCUT2D eigenvalue weighted by atomic mass is 9.91. The molecule has 1 fully saturated rings. The van der Waals surface area contributed by atoms with Crippen molar-refractivity contribution in [3.63, 3.8) is 0 Å². The lowest BCUT2D eigenvalue weighted by Crippen LogP contribution is -2.45. The average Bonchev–Trinajstić information content (AvgIpc) is 2.66. The molecule has 0 aliphatic heterocycles. The van der Waals surface area contributed by atoms with Crippen LogP contribution in [0.3, 0.4) is 0 Å². The highest BCUT2D eigenvalue weighted by molar-refractivity contribution is 9.09. The molecule has 2 rings (SSSR count). The summed E-state index contributed by atoms with van der Waals surface area (Å²) in [7, 11) is 0. The Bertz CT molecular complexity index is 321. The molecular formula is C10H14BrN3O. The highest BCUT2D eigenvalue weighted by atomic mass is 79.9. The van der Waals surface area contributed by atoms with Gasteiger partial charge in [-0.05, 0) is 25.3 Å². The Balaban J connectivity index is 2.06. The summed E-state index contributed by atoms with van der Waals surface area (Å²) in [5.41, 5.74) is 0.586. The minimum absolute atomic E-state index is 0.0663. The van der Waals surface area contributed by atoms with Crippen LogP contribution < -0.4 is 0 Å². The zero-order chi connectivity index (χ0) is 10.7. The molecular weight excluding hydrogens is 258 g/mol. The monoisotopic (exact) mass is 271 g/mol. The van der Waals surface area contributed by atoms with E-state index in [1.807, 2.05) is 4.90 Å². The second-order valence-corrected chi connectivity index (χ2v) is 4.54. The Hall–Kier alpha value is -0.840. The number of H-pyrrole nitrogens is 1. The molecule has 1 aliphatic rings. The Morgan fingerprint density at radius 3 is 2.93 bits per heavy atom. The number of aromatic nitrogens is 2. The zero-order valence-corrected chi connectivity index (χ0v) is 10.0. The van der Waals surface area contributed by atoms with E-state index in [0.29, 0.717) is 11.7 Å². The molecule has 1 aromatic heterocycles. The summed E-state index contributed by atoms with van der Waals surface area (Å²) < 4.78 is 0. The summed E-state index contributed by atoms with van der Waals surface area (Å²) in [6, 6.07) is 2.15. The van der Waals surface area contributed by atoms with E-state index < -0.39 is 0 Å². The average molecular weight is 272 g/mol. The normalized spacial score (nSPS) is 16.1. The number of nitrogens with one attached hydrogen (secondary N) is 1. The first-order valence-electron chi connectivity index (χ1n) is 5.19. The van der Waals surface area contributed by atoms with E-state index >= 15 is 0 Å². The summed E-state index contributed by atoms with van der Waals surface area (Å²) in [5, 5.41) is 7.35. The number of amides is 1. The van der Waals surface area contributed by atoms with Gasteiger partial charge in [0.25, 0.3) is 5.91 Å². The molecule has 1 heterocycles. The van der Waals surface area contributed by atoms with Crippen molar-refractivity contribution in [2.75, 3.05) is 11.9 Å².